The third kappa shape index (κ3) is 2.32. The van der Waals surface area contributed by atoms with Crippen LogP contribution in [0.2, 0.25) is 0 Å². The van der Waals surface area contributed by atoms with Crippen molar-refractivity contribution in [2.75, 3.05) is 0 Å². The molecule has 0 spiro atoms. The van der Waals surface area contributed by atoms with Gasteiger partial charge in [-0.25, -0.2) is 0 Å². The van der Waals surface area contributed by atoms with E-state index >= 15 is 0 Å². The zero-order valence-corrected chi connectivity index (χ0v) is 12.1. The number of hydrogen-bond acceptors (Lipinski definition) is 0. The smallest absolute Gasteiger partial charge is 0.0472 e. The molecule has 0 radical (unpaired) electrons. The van der Waals surface area contributed by atoms with Crippen LogP contribution in [0.5, 0.6) is 0 Å². The van der Waals surface area contributed by atoms with Crippen molar-refractivity contribution in [2.24, 2.45) is 0 Å². The van der Waals surface area contributed by atoms with E-state index in [4.69, 9.17) is 0 Å². The number of aryl methyl sites for hydroxylation is 1. The van der Waals surface area contributed by atoms with Crippen molar-refractivity contribution in [3.8, 4) is 0 Å². The lowest BCUT2D eigenvalue weighted by molar-refractivity contribution is 0.772. The fraction of sp³-hybridized carbons (Fsp3) is 0.286. The van der Waals surface area contributed by atoms with Crippen LogP contribution in [0.4, 0.5) is 0 Å². The lowest BCUT2D eigenvalue weighted by Gasteiger charge is -2.06. The number of aromatic nitrogens is 1. The normalized spacial score (nSPS) is 10.8. The van der Waals surface area contributed by atoms with Crippen molar-refractivity contribution in [1.29, 1.82) is 0 Å². The quantitative estimate of drug-likeness (QED) is 0.734. The Labute approximate surface area is 111 Å². The highest BCUT2D eigenvalue weighted by Crippen LogP contribution is 2.16. The van der Waals surface area contributed by atoms with E-state index in [9.17, 15) is 0 Å². The third-order valence-corrected chi connectivity index (χ3v) is 3.90. The van der Waals surface area contributed by atoms with E-state index in [0.29, 0.717) is 0 Å². The van der Waals surface area contributed by atoms with E-state index in [-0.39, 0.29) is 0 Å². The predicted octanol–water partition coefficient (Wildman–Crippen LogP) is 4.07. The zero-order chi connectivity index (χ0) is 11.7. The van der Waals surface area contributed by atoms with Crippen LogP contribution >= 0.6 is 22.6 Å². The molecular weight excluding hydrogens is 309 g/mol. The van der Waals surface area contributed by atoms with Crippen LogP contribution < -0.4 is 0 Å². The fourth-order valence-corrected chi connectivity index (χ4v) is 2.24. The number of hydrogen-bond donors (Lipinski definition) is 0. The summed E-state index contributed by atoms with van der Waals surface area (Å²) in [4.78, 5) is 0. The van der Waals surface area contributed by atoms with E-state index in [0.717, 1.165) is 6.54 Å². The molecule has 2 heteroatoms. The Bertz CT molecular complexity index is 494. The third-order valence-electron chi connectivity index (χ3n) is 3.18. The van der Waals surface area contributed by atoms with Gasteiger partial charge in [0.15, 0.2) is 0 Å². The fourth-order valence-electron chi connectivity index (χ4n) is 1.88. The Morgan fingerprint density at radius 1 is 1.06 bits per heavy atom. The second-order valence-electron chi connectivity index (χ2n) is 4.28. The summed E-state index contributed by atoms with van der Waals surface area (Å²) in [6.07, 6.45) is 2.24. The van der Waals surface area contributed by atoms with E-state index < -0.39 is 0 Å². The molecule has 0 aliphatic rings. The molecule has 1 aromatic carbocycles. The zero-order valence-electron chi connectivity index (χ0n) is 9.92. The van der Waals surface area contributed by atoms with Gasteiger partial charge in [-0.2, -0.15) is 0 Å². The van der Waals surface area contributed by atoms with Crippen LogP contribution in [-0.4, -0.2) is 4.57 Å². The molecule has 2 rings (SSSR count). The molecule has 0 atom stereocenters. The van der Waals surface area contributed by atoms with E-state index in [2.05, 4.69) is 78.4 Å². The first kappa shape index (κ1) is 11.7. The maximum Gasteiger partial charge on any atom is 0.0472 e. The summed E-state index contributed by atoms with van der Waals surface area (Å²) < 4.78 is 3.62. The van der Waals surface area contributed by atoms with Crippen molar-refractivity contribution >= 4 is 22.6 Å². The molecule has 0 N–H and O–H groups in total. The van der Waals surface area contributed by atoms with Gasteiger partial charge in [0.1, 0.15) is 0 Å². The molecular formula is C14H16IN. The molecule has 0 saturated heterocycles. The Balaban J connectivity index is 2.27. The number of nitrogens with zero attached hydrogens (tertiary/aromatic N) is 1. The van der Waals surface area contributed by atoms with Crippen LogP contribution in [0.3, 0.4) is 0 Å². The Kier molecular flexibility index (Phi) is 3.38. The molecule has 16 heavy (non-hydrogen) atoms. The highest BCUT2D eigenvalue weighted by molar-refractivity contribution is 14.1. The van der Waals surface area contributed by atoms with Crippen molar-refractivity contribution in [3.63, 3.8) is 0 Å². The molecule has 0 aliphatic heterocycles. The summed E-state index contributed by atoms with van der Waals surface area (Å²) in [5, 5.41) is 0. The topological polar surface area (TPSA) is 4.93 Å². The first-order chi connectivity index (χ1) is 7.58. The summed E-state index contributed by atoms with van der Waals surface area (Å²) in [6, 6.07) is 8.72. The SMILES string of the molecule is Cc1cn(Cc2ccc(I)cc2)c(C)c1C. The largest absolute Gasteiger partial charge is 0.347 e. The minimum Gasteiger partial charge on any atom is -0.347 e. The van der Waals surface area contributed by atoms with Crippen molar-refractivity contribution in [1.82, 2.24) is 4.57 Å². The summed E-state index contributed by atoms with van der Waals surface area (Å²) in [5.74, 6) is 0. The van der Waals surface area contributed by atoms with Crippen LogP contribution in [-0.2, 0) is 6.54 Å². The minimum atomic E-state index is 0.970. The van der Waals surface area contributed by atoms with Gasteiger partial charge in [-0.1, -0.05) is 12.1 Å². The highest BCUT2D eigenvalue weighted by atomic mass is 127. The van der Waals surface area contributed by atoms with Gasteiger partial charge in [0.05, 0.1) is 0 Å². The van der Waals surface area contributed by atoms with E-state index in [1.54, 1.807) is 0 Å². The molecule has 0 fully saturated rings. The Hall–Kier alpha value is -0.770. The van der Waals surface area contributed by atoms with Crippen LogP contribution in [0, 0.1) is 24.3 Å². The number of halogens is 1. The van der Waals surface area contributed by atoms with Gasteiger partial charge >= 0.3 is 0 Å². The Morgan fingerprint density at radius 3 is 2.19 bits per heavy atom. The molecule has 1 nitrogen and oxygen atoms in total. The standard InChI is InChI=1S/C14H16IN/c1-10-8-16(12(3)11(10)2)9-13-4-6-14(15)7-5-13/h4-8H,9H2,1-3H3. The molecule has 0 unspecified atom stereocenters. The van der Waals surface area contributed by atoms with Gasteiger partial charge in [0.25, 0.3) is 0 Å². The van der Waals surface area contributed by atoms with Crippen molar-refractivity contribution in [3.05, 3.63) is 56.4 Å². The van der Waals surface area contributed by atoms with Gasteiger partial charge in [-0.05, 0) is 72.2 Å². The molecule has 0 amide bonds. The van der Waals surface area contributed by atoms with E-state index in [1.807, 2.05) is 0 Å². The average Bonchev–Trinajstić information content (AvgIpc) is 2.50. The van der Waals surface area contributed by atoms with Gasteiger partial charge in [-0.15, -0.1) is 0 Å². The lowest BCUT2D eigenvalue weighted by atomic mass is 10.2. The van der Waals surface area contributed by atoms with Crippen LogP contribution in [0.1, 0.15) is 22.4 Å². The van der Waals surface area contributed by atoms with Crippen molar-refractivity contribution < 1.29 is 0 Å². The molecule has 1 heterocycles. The van der Waals surface area contributed by atoms with Gasteiger partial charge in [0, 0.05) is 22.0 Å². The molecule has 0 bridgehead atoms. The highest BCUT2D eigenvalue weighted by Gasteiger charge is 2.05. The molecule has 84 valence electrons. The average molecular weight is 325 g/mol. The molecule has 1 aromatic heterocycles. The first-order valence-corrected chi connectivity index (χ1v) is 6.53. The van der Waals surface area contributed by atoms with Crippen LogP contribution in [0.25, 0.3) is 0 Å². The maximum absolute atomic E-state index is 2.34. The summed E-state index contributed by atoms with van der Waals surface area (Å²) in [7, 11) is 0. The molecule has 2 aromatic rings. The molecule has 0 saturated carbocycles. The van der Waals surface area contributed by atoms with Gasteiger partial charge in [-0.3, -0.25) is 0 Å². The van der Waals surface area contributed by atoms with Crippen molar-refractivity contribution in [2.45, 2.75) is 27.3 Å². The number of rotatable bonds is 2. The monoisotopic (exact) mass is 325 g/mol. The van der Waals surface area contributed by atoms with Gasteiger partial charge < -0.3 is 4.57 Å². The van der Waals surface area contributed by atoms with Crippen LogP contribution in [0.15, 0.2) is 30.5 Å². The maximum atomic E-state index is 2.34. The minimum absolute atomic E-state index is 0.970. The van der Waals surface area contributed by atoms with E-state index in [1.165, 1.54) is 26.0 Å². The summed E-state index contributed by atoms with van der Waals surface area (Å²) in [6.45, 7) is 7.52. The summed E-state index contributed by atoms with van der Waals surface area (Å²) in [5.41, 5.74) is 5.52. The Morgan fingerprint density at radius 2 is 1.69 bits per heavy atom. The summed E-state index contributed by atoms with van der Waals surface area (Å²) >= 11 is 2.34. The predicted molar refractivity (Wildman–Crippen MR) is 76.9 cm³/mol. The van der Waals surface area contributed by atoms with Gasteiger partial charge in [0.2, 0.25) is 0 Å². The molecule has 0 aliphatic carbocycles. The lowest BCUT2D eigenvalue weighted by Crippen LogP contribution is -2.00. The second kappa shape index (κ2) is 4.62. The first-order valence-electron chi connectivity index (χ1n) is 5.45. The second-order valence-corrected chi connectivity index (χ2v) is 5.52. The number of benzene rings is 1.